The van der Waals surface area contributed by atoms with Crippen LogP contribution in [0.1, 0.15) is 54.4 Å². The first kappa shape index (κ1) is 20.2. The zero-order valence-corrected chi connectivity index (χ0v) is 15.3. The van der Waals surface area contributed by atoms with Crippen LogP contribution in [0.5, 0.6) is 0 Å². The summed E-state index contributed by atoms with van der Waals surface area (Å²) < 4.78 is 0. The summed E-state index contributed by atoms with van der Waals surface area (Å²) in [7, 11) is 0. The van der Waals surface area contributed by atoms with E-state index in [4.69, 9.17) is 5.11 Å². The monoisotopic (exact) mass is 343 g/mol. The quantitative estimate of drug-likeness (QED) is 0.460. The second-order valence-electron chi connectivity index (χ2n) is 8.24. The van der Waals surface area contributed by atoms with Crippen molar-refractivity contribution in [1.82, 2.24) is 9.80 Å². The van der Waals surface area contributed by atoms with Crippen molar-refractivity contribution in [2.45, 2.75) is 72.1 Å². The number of aliphatic imine (C=N–C) groups is 1. The first-order chi connectivity index (χ1) is 10.7. The van der Waals surface area contributed by atoms with Crippen LogP contribution in [0.2, 0.25) is 0 Å². The van der Waals surface area contributed by atoms with Crippen molar-refractivity contribution in [1.29, 1.82) is 0 Å². The van der Waals surface area contributed by atoms with Crippen molar-refractivity contribution >= 4 is 18.1 Å². The van der Waals surface area contributed by atoms with Crippen molar-refractivity contribution in [2.75, 3.05) is 6.54 Å². The molecule has 1 rings (SSSR count). The molecule has 0 aromatic heterocycles. The highest BCUT2D eigenvalue weighted by atomic mass is 16.4. The van der Waals surface area contributed by atoms with Crippen LogP contribution < -0.4 is 0 Å². The number of hydrogen-bond acceptors (Lipinski definition) is 3. The number of rotatable bonds is 0. The highest BCUT2D eigenvalue weighted by Crippen LogP contribution is 2.33. The number of carboxylic acid groups (broad SMARTS) is 2. The Hall–Kier alpha value is -1.83. The lowest BCUT2D eigenvalue weighted by molar-refractivity contribution is 0.0224. The van der Waals surface area contributed by atoms with Gasteiger partial charge < -0.3 is 20.2 Å². The molecule has 8 heteroatoms. The topological polar surface area (TPSA) is 114 Å². The molecule has 2 atom stereocenters. The van der Waals surface area contributed by atoms with Crippen LogP contribution in [-0.4, -0.2) is 67.5 Å². The van der Waals surface area contributed by atoms with Crippen LogP contribution >= 0.6 is 0 Å². The molecule has 1 aliphatic rings. The summed E-state index contributed by atoms with van der Waals surface area (Å²) in [4.78, 5) is 29.3. The lowest BCUT2D eigenvalue weighted by Crippen LogP contribution is -2.62. The number of nitrogens with zero attached hydrogens (tertiary/aromatic N) is 3. The van der Waals surface area contributed by atoms with Gasteiger partial charge in [0.1, 0.15) is 0 Å². The Morgan fingerprint density at radius 2 is 1.67 bits per heavy atom. The molecule has 0 bridgehead atoms. The number of likely N-dealkylation sites (tertiary alicyclic amines) is 1. The molecule has 0 radical (unpaired) electrons. The summed E-state index contributed by atoms with van der Waals surface area (Å²) in [5.74, 6) is -0.102. The standard InChI is InChI=1S/C16H29N3O5/c1-15(2,3)11-9-10(20)7-8-18(11)12(17-13(21)22)19(14(23)24)16(4,5)6/h10-11,20H,7-9H2,1-6H3,(H,21,22)(H,23,24). The highest BCUT2D eigenvalue weighted by molar-refractivity contribution is 5.99. The zero-order chi connectivity index (χ0) is 18.9. The minimum Gasteiger partial charge on any atom is -0.465 e. The number of aliphatic hydroxyl groups is 1. The second kappa shape index (κ2) is 6.96. The van der Waals surface area contributed by atoms with E-state index in [0.29, 0.717) is 19.4 Å². The number of amides is 2. The molecule has 8 nitrogen and oxygen atoms in total. The van der Waals surface area contributed by atoms with Crippen LogP contribution in [0.15, 0.2) is 4.99 Å². The third-order valence-electron chi connectivity index (χ3n) is 4.09. The van der Waals surface area contributed by atoms with E-state index < -0.39 is 23.8 Å². The van der Waals surface area contributed by atoms with Gasteiger partial charge in [0.25, 0.3) is 0 Å². The number of hydrogen-bond donors (Lipinski definition) is 3. The number of guanidine groups is 1. The van der Waals surface area contributed by atoms with Gasteiger partial charge in [-0.15, -0.1) is 4.99 Å². The normalized spacial score (nSPS) is 23.1. The van der Waals surface area contributed by atoms with Gasteiger partial charge in [-0.3, -0.25) is 0 Å². The minimum atomic E-state index is -1.45. The fraction of sp³-hybridized carbons (Fsp3) is 0.812. The summed E-state index contributed by atoms with van der Waals surface area (Å²) in [5.41, 5.74) is -1.15. The molecular weight excluding hydrogens is 314 g/mol. The van der Waals surface area contributed by atoms with Gasteiger partial charge in [-0.05, 0) is 39.0 Å². The molecule has 0 aromatic carbocycles. The molecular formula is C16H29N3O5. The Balaban J connectivity index is 3.43. The smallest absolute Gasteiger partial charge is 0.434 e. The number of aliphatic hydroxyl groups excluding tert-OH is 1. The van der Waals surface area contributed by atoms with E-state index in [9.17, 15) is 19.8 Å². The van der Waals surface area contributed by atoms with Gasteiger partial charge in [-0.25, -0.2) is 14.5 Å². The summed E-state index contributed by atoms with van der Waals surface area (Å²) in [6.07, 6.45) is -2.34. The maximum atomic E-state index is 11.8. The third-order valence-corrected chi connectivity index (χ3v) is 4.09. The first-order valence-electron chi connectivity index (χ1n) is 8.04. The number of carbonyl (C=O) groups is 2. The van der Waals surface area contributed by atoms with E-state index in [0.717, 1.165) is 4.90 Å². The van der Waals surface area contributed by atoms with Gasteiger partial charge in [0.05, 0.1) is 6.10 Å². The molecule has 0 aromatic rings. The summed E-state index contributed by atoms with van der Waals surface area (Å²) >= 11 is 0. The van der Waals surface area contributed by atoms with Gasteiger partial charge in [0, 0.05) is 18.1 Å². The Morgan fingerprint density at radius 3 is 2.04 bits per heavy atom. The molecule has 0 spiro atoms. The largest absolute Gasteiger partial charge is 0.465 e. The minimum absolute atomic E-state index is 0.102. The zero-order valence-electron chi connectivity index (χ0n) is 15.3. The molecule has 138 valence electrons. The van der Waals surface area contributed by atoms with Crippen molar-refractivity contribution in [3.8, 4) is 0 Å². The maximum absolute atomic E-state index is 11.8. The van der Waals surface area contributed by atoms with Crippen LogP contribution in [-0.2, 0) is 0 Å². The van der Waals surface area contributed by atoms with Crippen molar-refractivity contribution < 1.29 is 24.9 Å². The lowest BCUT2D eigenvalue weighted by atomic mass is 9.80. The summed E-state index contributed by atoms with van der Waals surface area (Å²) in [6, 6.07) is -0.233. The molecule has 1 saturated heterocycles. The van der Waals surface area contributed by atoms with E-state index in [1.165, 1.54) is 0 Å². The Kier molecular flexibility index (Phi) is 5.86. The van der Waals surface area contributed by atoms with Gasteiger partial charge in [-0.2, -0.15) is 0 Å². The maximum Gasteiger partial charge on any atom is 0.434 e. The fourth-order valence-corrected chi connectivity index (χ4v) is 3.01. The molecule has 1 aliphatic heterocycles. The Morgan fingerprint density at radius 1 is 1.12 bits per heavy atom. The SMILES string of the molecule is CC(C)(C)C1CC(O)CCN1C(=NC(=O)O)N(C(=O)O)C(C)(C)C. The van der Waals surface area contributed by atoms with Gasteiger partial charge in [-0.1, -0.05) is 20.8 Å². The molecule has 1 heterocycles. The van der Waals surface area contributed by atoms with Crippen LogP contribution in [0.4, 0.5) is 9.59 Å². The predicted molar refractivity (Wildman–Crippen MR) is 90.3 cm³/mol. The second-order valence-corrected chi connectivity index (χ2v) is 8.24. The van der Waals surface area contributed by atoms with Gasteiger partial charge in [0.2, 0.25) is 5.96 Å². The average Bonchev–Trinajstić information content (AvgIpc) is 2.34. The van der Waals surface area contributed by atoms with E-state index in [2.05, 4.69) is 4.99 Å². The lowest BCUT2D eigenvalue weighted by Gasteiger charge is -2.49. The highest BCUT2D eigenvalue weighted by Gasteiger charge is 2.42. The summed E-state index contributed by atoms with van der Waals surface area (Å²) in [6.45, 7) is 11.3. The van der Waals surface area contributed by atoms with E-state index in [1.807, 2.05) is 20.8 Å². The molecule has 2 amide bonds. The number of piperidine rings is 1. The first-order valence-corrected chi connectivity index (χ1v) is 8.04. The van der Waals surface area contributed by atoms with Gasteiger partial charge >= 0.3 is 12.2 Å². The van der Waals surface area contributed by atoms with Crippen LogP contribution in [0.3, 0.4) is 0 Å². The van der Waals surface area contributed by atoms with Crippen molar-refractivity contribution in [3.63, 3.8) is 0 Å². The van der Waals surface area contributed by atoms with E-state index >= 15 is 0 Å². The molecule has 0 aliphatic carbocycles. The molecule has 0 saturated carbocycles. The summed E-state index contributed by atoms with van der Waals surface area (Å²) in [5, 5.41) is 28.8. The fourth-order valence-electron chi connectivity index (χ4n) is 3.01. The molecule has 1 fully saturated rings. The molecule has 2 unspecified atom stereocenters. The van der Waals surface area contributed by atoms with Crippen LogP contribution in [0, 0.1) is 5.41 Å². The Bertz CT molecular complexity index is 519. The van der Waals surface area contributed by atoms with Crippen molar-refractivity contribution in [2.24, 2.45) is 10.4 Å². The van der Waals surface area contributed by atoms with Crippen molar-refractivity contribution in [3.05, 3.63) is 0 Å². The predicted octanol–water partition coefficient (Wildman–Crippen LogP) is 2.67. The van der Waals surface area contributed by atoms with E-state index in [-0.39, 0.29) is 17.4 Å². The Labute approximate surface area is 142 Å². The third kappa shape index (κ3) is 4.83. The molecule has 24 heavy (non-hydrogen) atoms. The molecule has 3 N–H and O–H groups in total. The van der Waals surface area contributed by atoms with Crippen LogP contribution in [0.25, 0.3) is 0 Å². The van der Waals surface area contributed by atoms with E-state index in [1.54, 1.807) is 25.7 Å². The average molecular weight is 343 g/mol. The van der Waals surface area contributed by atoms with Gasteiger partial charge in [0.15, 0.2) is 0 Å².